The Kier molecular flexibility index (Phi) is 5.04. The summed E-state index contributed by atoms with van der Waals surface area (Å²) in [5.74, 6) is 0.845. The summed E-state index contributed by atoms with van der Waals surface area (Å²) in [6.07, 6.45) is 3.75. The van der Waals surface area contributed by atoms with Crippen LogP contribution in [0.15, 0.2) is 30.5 Å². The van der Waals surface area contributed by atoms with Crippen LogP contribution in [0, 0.1) is 17.2 Å². The fourth-order valence-corrected chi connectivity index (χ4v) is 2.84. The van der Waals surface area contributed by atoms with E-state index in [1.807, 2.05) is 23.1 Å². The molecule has 3 rings (SSSR count). The number of amides is 1. The number of nitrogens with zero attached hydrogens (tertiary/aromatic N) is 5. The van der Waals surface area contributed by atoms with Crippen molar-refractivity contribution < 1.29 is 4.79 Å². The van der Waals surface area contributed by atoms with Crippen molar-refractivity contribution in [2.24, 2.45) is 5.92 Å². The number of benzene rings is 1. The van der Waals surface area contributed by atoms with Gasteiger partial charge in [0, 0.05) is 30.5 Å². The van der Waals surface area contributed by atoms with Gasteiger partial charge in [0.25, 0.3) is 5.91 Å². The third-order valence-corrected chi connectivity index (χ3v) is 4.17. The highest BCUT2D eigenvalue weighted by Gasteiger charge is 2.21. The van der Waals surface area contributed by atoms with Crippen LogP contribution in [0.3, 0.4) is 0 Å². The summed E-state index contributed by atoms with van der Waals surface area (Å²) >= 11 is 0. The van der Waals surface area contributed by atoms with Crippen molar-refractivity contribution in [3.05, 3.63) is 41.9 Å². The van der Waals surface area contributed by atoms with Crippen molar-refractivity contribution in [1.29, 1.82) is 5.26 Å². The zero-order valence-corrected chi connectivity index (χ0v) is 13.9. The molecule has 25 heavy (non-hydrogen) atoms. The molecule has 0 saturated carbocycles. The second-order valence-corrected chi connectivity index (χ2v) is 6.13. The lowest BCUT2D eigenvalue weighted by Crippen LogP contribution is -2.39. The van der Waals surface area contributed by atoms with E-state index in [-0.39, 0.29) is 17.3 Å². The Labute approximate surface area is 145 Å². The molecular formula is C17H19N7O. The van der Waals surface area contributed by atoms with E-state index < -0.39 is 0 Å². The number of H-pyrrole nitrogens is 1. The molecule has 1 amide bonds. The monoisotopic (exact) mass is 337 g/mol. The average Bonchev–Trinajstić information content (AvgIpc) is 3.17. The average molecular weight is 337 g/mol. The minimum Gasteiger partial charge on any atom is -0.360 e. The molecule has 128 valence electrons. The highest BCUT2D eigenvalue weighted by Crippen LogP contribution is 2.19. The van der Waals surface area contributed by atoms with Gasteiger partial charge in [-0.15, -0.1) is 10.2 Å². The number of aromatic nitrogens is 4. The number of hydrogen-bond donors (Lipinski definition) is 2. The number of hydrogen-bond acceptors (Lipinski definition) is 6. The van der Waals surface area contributed by atoms with Crippen molar-refractivity contribution in [1.82, 2.24) is 25.5 Å². The minimum atomic E-state index is 0.0677. The molecule has 1 saturated heterocycles. The fourth-order valence-electron chi connectivity index (χ4n) is 2.84. The van der Waals surface area contributed by atoms with E-state index in [1.54, 1.807) is 12.1 Å². The van der Waals surface area contributed by atoms with Crippen LogP contribution in [0.1, 0.15) is 35.9 Å². The van der Waals surface area contributed by atoms with E-state index in [1.165, 1.54) is 12.6 Å². The van der Waals surface area contributed by atoms with E-state index in [2.05, 4.69) is 32.9 Å². The maximum absolute atomic E-state index is 12.5. The first kappa shape index (κ1) is 16.6. The number of nitriles is 1. The summed E-state index contributed by atoms with van der Waals surface area (Å²) in [6.45, 7) is 3.81. The maximum atomic E-state index is 12.5. The first-order chi connectivity index (χ1) is 12.2. The van der Waals surface area contributed by atoms with E-state index >= 15 is 0 Å². The summed E-state index contributed by atoms with van der Waals surface area (Å²) in [7, 11) is 0. The van der Waals surface area contributed by atoms with Crippen molar-refractivity contribution in [3.63, 3.8) is 0 Å². The Hall–Kier alpha value is -3.21. The molecule has 0 radical (unpaired) electrons. The molecule has 1 aliphatic rings. The van der Waals surface area contributed by atoms with Crippen LogP contribution in [0.2, 0.25) is 0 Å². The lowest BCUT2D eigenvalue weighted by atomic mass is 9.99. The van der Waals surface area contributed by atoms with Gasteiger partial charge in [-0.25, -0.2) is 0 Å². The van der Waals surface area contributed by atoms with Crippen LogP contribution in [-0.4, -0.2) is 44.5 Å². The standard InChI is InChI=1S/C17H19N7O/c1-12-3-2-8-24(11-12)17(25)13-4-6-15(7-5-13)19-10-14(9-18)16-20-22-23-21-16/h4-7,10,12,19H,2-3,8,11H2,1H3,(H,20,21,22,23). The van der Waals surface area contributed by atoms with Crippen molar-refractivity contribution >= 4 is 17.2 Å². The minimum absolute atomic E-state index is 0.0677. The quantitative estimate of drug-likeness (QED) is 0.826. The molecular weight excluding hydrogens is 318 g/mol. The van der Waals surface area contributed by atoms with E-state index in [0.717, 1.165) is 25.2 Å². The van der Waals surface area contributed by atoms with Gasteiger partial charge in [0.2, 0.25) is 5.82 Å². The molecule has 1 fully saturated rings. The summed E-state index contributed by atoms with van der Waals surface area (Å²) < 4.78 is 0. The van der Waals surface area contributed by atoms with Gasteiger partial charge in [-0.1, -0.05) is 6.92 Å². The van der Waals surface area contributed by atoms with Crippen molar-refractivity contribution in [2.75, 3.05) is 18.4 Å². The number of tetrazole rings is 1. The molecule has 2 N–H and O–H groups in total. The number of rotatable bonds is 4. The molecule has 1 unspecified atom stereocenters. The first-order valence-corrected chi connectivity index (χ1v) is 8.17. The van der Waals surface area contributed by atoms with Gasteiger partial charge in [0.1, 0.15) is 11.6 Å². The zero-order chi connectivity index (χ0) is 17.6. The second kappa shape index (κ2) is 7.57. The second-order valence-electron chi connectivity index (χ2n) is 6.13. The van der Waals surface area contributed by atoms with Gasteiger partial charge in [0.15, 0.2) is 0 Å². The Balaban J connectivity index is 1.66. The Morgan fingerprint density at radius 1 is 1.44 bits per heavy atom. The van der Waals surface area contributed by atoms with E-state index in [4.69, 9.17) is 5.26 Å². The number of piperidine rings is 1. The van der Waals surface area contributed by atoms with Crippen LogP contribution >= 0.6 is 0 Å². The van der Waals surface area contributed by atoms with Gasteiger partial charge in [-0.3, -0.25) is 4.79 Å². The van der Waals surface area contributed by atoms with Crippen molar-refractivity contribution in [3.8, 4) is 6.07 Å². The summed E-state index contributed by atoms with van der Waals surface area (Å²) in [4.78, 5) is 14.5. The highest BCUT2D eigenvalue weighted by atomic mass is 16.2. The number of anilines is 1. The zero-order valence-electron chi connectivity index (χ0n) is 13.9. The predicted octanol–water partition coefficient (Wildman–Crippen LogP) is 2.05. The number of allylic oxidation sites excluding steroid dienone is 1. The molecule has 8 heteroatoms. The molecule has 8 nitrogen and oxygen atoms in total. The number of carbonyl (C=O) groups is 1. The van der Waals surface area contributed by atoms with Crippen molar-refractivity contribution in [2.45, 2.75) is 19.8 Å². The first-order valence-electron chi connectivity index (χ1n) is 8.17. The molecule has 2 heterocycles. The van der Waals surface area contributed by atoms with Gasteiger partial charge in [-0.05, 0) is 48.2 Å². The summed E-state index contributed by atoms with van der Waals surface area (Å²) in [5.41, 5.74) is 1.69. The Bertz CT molecular complexity index is 789. The lowest BCUT2D eigenvalue weighted by Gasteiger charge is -2.31. The topological polar surface area (TPSA) is 111 Å². The van der Waals surface area contributed by atoms with Gasteiger partial charge in [-0.2, -0.15) is 10.5 Å². The third-order valence-electron chi connectivity index (χ3n) is 4.17. The molecule has 0 aliphatic carbocycles. The lowest BCUT2D eigenvalue weighted by molar-refractivity contribution is 0.0683. The van der Waals surface area contributed by atoms with Gasteiger partial charge in [0.05, 0.1) is 0 Å². The number of aromatic amines is 1. The van der Waals surface area contributed by atoms with Crippen LogP contribution in [0.25, 0.3) is 5.57 Å². The third kappa shape index (κ3) is 4.01. The van der Waals surface area contributed by atoms with E-state index in [0.29, 0.717) is 11.5 Å². The van der Waals surface area contributed by atoms with Gasteiger partial charge >= 0.3 is 0 Å². The number of likely N-dealkylation sites (tertiary alicyclic amines) is 1. The van der Waals surface area contributed by atoms with E-state index in [9.17, 15) is 4.79 Å². The predicted molar refractivity (Wildman–Crippen MR) is 92.1 cm³/mol. The smallest absolute Gasteiger partial charge is 0.253 e. The van der Waals surface area contributed by atoms with Gasteiger partial charge < -0.3 is 10.2 Å². The molecule has 1 atom stereocenters. The maximum Gasteiger partial charge on any atom is 0.253 e. The summed E-state index contributed by atoms with van der Waals surface area (Å²) in [6, 6.07) is 9.20. The van der Waals surface area contributed by atoms with Crippen LogP contribution in [-0.2, 0) is 0 Å². The van der Waals surface area contributed by atoms with Crippen LogP contribution < -0.4 is 5.32 Å². The number of carbonyl (C=O) groups excluding carboxylic acids is 1. The normalized spacial score (nSPS) is 17.8. The Morgan fingerprint density at radius 3 is 2.88 bits per heavy atom. The Morgan fingerprint density at radius 2 is 2.24 bits per heavy atom. The fraction of sp³-hybridized carbons (Fsp3) is 0.353. The molecule has 2 aromatic rings. The van der Waals surface area contributed by atoms with Crippen LogP contribution in [0.4, 0.5) is 5.69 Å². The number of nitrogens with one attached hydrogen (secondary N) is 2. The summed E-state index contributed by atoms with van der Waals surface area (Å²) in [5, 5.41) is 25.4. The molecule has 0 bridgehead atoms. The highest BCUT2D eigenvalue weighted by molar-refractivity contribution is 5.94. The van der Waals surface area contributed by atoms with Crippen LogP contribution in [0.5, 0.6) is 0 Å². The molecule has 1 aliphatic heterocycles. The SMILES string of the molecule is CC1CCCN(C(=O)c2ccc(NC=C(C#N)c3nn[nH]n3)cc2)C1. The largest absolute Gasteiger partial charge is 0.360 e. The molecule has 1 aromatic carbocycles. The molecule has 0 spiro atoms. The molecule has 1 aromatic heterocycles.